The predicted octanol–water partition coefficient (Wildman–Crippen LogP) is 1.61. The summed E-state index contributed by atoms with van der Waals surface area (Å²) < 4.78 is 12.6. The first-order chi connectivity index (χ1) is 6.15. The van der Waals surface area contributed by atoms with Crippen LogP contribution in [0, 0.1) is 12.7 Å². The minimum atomic E-state index is -0.701. The third-order valence-electron chi connectivity index (χ3n) is 1.57. The van der Waals surface area contributed by atoms with Crippen molar-refractivity contribution in [3.8, 4) is 0 Å². The highest BCUT2D eigenvalue weighted by Gasteiger charge is 2.07. The number of benzene rings is 1. The molecular weight excluding hydrogens is 173 g/mol. The third-order valence-corrected chi connectivity index (χ3v) is 1.57. The minimum absolute atomic E-state index is 0.213. The van der Waals surface area contributed by atoms with Gasteiger partial charge in [-0.3, -0.25) is 4.79 Å². The Morgan fingerprint density at radius 2 is 2.23 bits per heavy atom. The first-order valence-electron chi connectivity index (χ1n) is 3.53. The summed E-state index contributed by atoms with van der Waals surface area (Å²) in [5.41, 5.74) is 0.661. The van der Waals surface area contributed by atoms with E-state index in [0.29, 0.717) is 5.56 Å². The summed E-state index contributed by atoms with van der Waals surface area (Å²) in [6, 6.07) is 3.63. The molecule has 0 heterocycles. The largest absolute Gasteiger partial charge is 0.287 e. The van der Waals surface area contributed by atoms with Crippen LogP contribution >= 0.6 is 0 Å². The normalized spacial score (nSPS) is 9.08. The molecule has 0 radical (unpaired) electrons. The molecular formula is C9H6FNO2. The number of carbonyl (C=O) groups is 1. The Hall–Kier alpha value is -1.80. The maximum atomic E-state index is 12.6. The first-order valence-corrected chi connectivity index (χ1v) is 3.53. The van der Waals surface area contributed by atoms with Crippen molar-refractivity contribution in [3.05, 3.63) is 35.1 Å². The summed E-state index contributed by atoms with van der Waals surface area (Å²) >= 11 is 0. The van der Waals surface area contributed by atoms with Crippen LogP contribution in [0.25, 0.3) is 0 Å². The standard InChI is InChI=1S/C9H6FNO2/c1-6-4-7(10)2-3-8(6)9(13)11-5-12/h2-4H,1H3. The Labute approximate surface area is 73.9 Å². The monoisotopic (exact) mass is 179 g/mol. The van der Waals surface area contributed by atoms with E-state index in [1.54, 1.807) is 6.92 Å². The Bertz CT molecular complexity index is 395. The van der Waals surface area contributed by atoms with Crippen molar-refractivity contribution in [1.82, 2.24) is 0 Å². The van der Waals surface area contributed by atoms with E-state index in [4.69, 9.17) is 0 Å². The van der Waals surface area contributed by atoms with Gasteiger partial charge in [-0.05, 0) is 30.7 Å². The van der Waals surface area contributed by atoms with E-state index < -0.39 is 11.7 Å². The lowest BCUT2D eigenvalue weighted by Gasteiger charge is -1.98. The zero-order valence-corrected chi connectivity index (χ0v) is 6.87. The fourth-order valence-electron chi connectivity index (χ4n) is 0.969. The zero-order valence-electron chi connectivity index (χ0n) is 6.87. The van der Waals surface area contributed by atoms with Crippen molar-refractivity contribution >= 4 is 12.0 Å². The van der Waals surface area contributed by atoms with Crippen molar-refractivity contribution < 1.29 is 14.0 Å². The average molecular weight is 179 g/mol. The topological polar surface area (TPSA) is 46.5 Å². The predicted molar refractivity (Wildman–Crippen MR) is 43.6 cm³/mol. The summed E-state index contributed by atoms with van der Waals surface area (Å²) in [4.78, 5) is 23.7. The highest BCUT2D eigenvalue weighted by Crippen LogP contribution is 2.10. The van der Waals surface area contributed by atoms with Crippen LogP contribution in [-0.4, -0.2) is 12.0 Å². The molecule has 0 fully saturated rings. The summed E-state index contributed by atoms with van der Waals surface area (Å²) in [6.07, 6.45) is 1.14. The van der Waals surface area contributed by atoms with Crippen LogP contribution in [0.4, 0.5) is 4.39 Å². The molecule has 66 valence electrons. The first kappa shape index (κ1) is 9.29. The van der Waals surface area contributed by atoms with Gasteiger partial charge in [0, 0.05) is 5.56 Å². The van der Waals surface area contributed by atoms with Crippen LogP contribution in [0.15, 0.2) is 23.2 Å². The van der Waals surface area contributed by atoms with E-state index in [2.05, 4.69) is 4.99 Å². The quantitative estimate of drug-likeness (QED) is 0.485. The molecule has 1 rings (SSSR count). The minimum Gasteiger partial charge on any atom is -0.266 e. The molecule has 1 aromatic carbocycles. The van der Waals surface area contributed by atoms with Crippen molar-refractivity contribution in [2.75, 3.05) is 0 Å². The van der Waals surface area contributed by atoms with Gasteiger partial charge in [0.1, 0.15) is 5.82 Å². The molecule has 0 aliphatic carbocycles. The van der Waals surface area contributed by atoms with Crippen LogP contribution in [0.1, 0.15) is 15.9 Å². The Morgan fingerprint density at radius 1 is 1.54 bits per heavy atom. The molecule has 0 saturated carbocycles. The van der Waals surface area contributed by atoms with Gasteiger partial charge < -0.3 is 0 Å². The van der Waals surface area contributed by atoms with Crippen LogP contribution < -0.4 is 0 Å². The van der Waals surface area contributed by atoms with Crippen LogP contribution in [0.5, 0.6) is 0 Å². The molecule has 13 heavy (non-hydrogen) atoms. The lowest BCUT2D eigenvalue weighted by atomic mass is 10.1. The number of nitrogens with zero attached hydrogens (tertiary/aromatic N) is 1. The molecule has 0 aliphatic heterocycles. The van der Waals surface area contributed by atoms with E-state index >= 15 is 0 Å². The van der Waals surface area contributed by atoms with Gasteiger partial charge in [-0.25, -0.2) is 9.18 Å². The highest BCUT2D eigenvalue weighted by molar-refractivity contribution is 5.98. The lowest BCUT2D eigenvalue weighted by Crippen LogP contribution is -1.98. The molecule has 4 heteroatoms. The summed E-state index contributed by atoms with van der Waals surface area (Å²) in [7, 11) is 0. The molecule has 0 saturated heterocycles. The lowest BCUT2D eigenvalue weighted by molar-refractivity contribution is 0.100. The second-order valence-electron chi connectivity index (χ2n) is 2.47. The average Bonchev–Trinajstić information content (AvgIpc) is 2.04. The number of aliphatic imine (C=N–C) groups is 1. The van der Waals surface area contributed by atoms with Gasteiger partial charge in [-0.15, -0.1) is 4.99 Å². The van der Waals surface area contributed by atoms with Gasteiger partial charge >= 0.3 is 0 Å². The van der Waals surface area contributed by atoms with E-state index in [-0.39, 0.29) is 5.56 Å². The summed E-state index contributed by atoms with van der Waals surface area (Å²) in [5, 5.41) is 0. The second kappa shape index (κ2) is 3.74. The van der Waals surface area contributed by atoms with E-state index in [9.17, 15) is 14.0 Å². The smallest absolute Gasteiger partial charge is 0.266 e. The molecule has 0 bridgehead atoms. The number of rotatable bonds is 1. The van der Waals surface area contributed by atoms with E-state index in [0.717, 1.165) is 12.1 Å². The maximum absolute atomic E-state index is 12.6. The van der Waals surface area contributed by atoms with Crippen LogP contribution in [0.2, 0.25) is 0 Å². The molecule has 0 N–H and O–H groups in total. The van der Waals surface area contributed by atoms with Gasteiger partial charge in [-0.2, -0.15) is 0 Å². The van der Waals surface area contributed by atoms with Crippen molar-refractivity contribution in [2.24, 2.45) is 4.99 Å². The van der Waals surface area contributed by atoms with Crippen LogP contribution in [0.3, 0.4) is 0 Å². The maximum Gasteiger partial charge on any atom is 0.287 e. The van der Waals surface area contributed by atoms with Gasteiger partial charge in [0.2, 0.25) is 6.08 Å². The number of aryl methyl sites for hydroxylation is 1. The van der Waals surface area contributed by atoms with Crippen molar-refractivity contribution in [1.29, 1.82) is 0 Å². The number of carbonyl (C=O) groups excluding carboxylic acids is 2. The molecule has 0 spiro atoms. The van der Waals surface area contributed by atoms with E-state index in [1.165, 1.54) is 12.1 Å². The molecule has 0 atom stereocenters. The second-order valence-corrected chi connectivity index (χ2v) is 2.47. The number of hydrogen-bond acceptors (Lipinski definition) is 2. The van der Waals surface area contributed by atoms with Gasteiger partial charge in [-0.1, -0.05) is 0 Å². The van der Waals surface area contributed by atoms with E-state index in [1.807, 2.05) is 0 Å². The Morgan fingerprint density at radius 3 is 2.77 bits per heavy atom. The summed E-state index contributed by atoms with van der Waals surface area (Å²) in [6.45, 7) is 1.57. The fraction of sp³-hybridized carbons (Fsp3) is 0.111. The Kier molecular flexibility index (Phi) is 2.67. The Balaban J connectivity index is 3.16. The zero-order chi connectivity index (χ0) is 9.84. The van der Waals surface area contributed by atoms with Gasteiger partial charge in [0.15, 0.2) is 0 Å². The van der Waals surface area contributed by atoms with Gasteiger partial charge in [0.05, 0.1) is 0 Å². The summed E-state index contributed by atoms with van der Waals surface area (Å²) in [5.74, 6) is -1.13. The SMILES string of the molecule is Cc1cc(F)ccc1C(=O)N=C=O. The third kappa shape index (κ3) is 2.07. The number of amides is 1. The molecule has 0 aliphatic rings. The number of isocyanates is 1. The number of halogens is 1. The molecule has 3 nitrogen and oxygen atoms in total. The van der Waals surface area contributed by atoms with Crippen molar-refractivity contribution in [3.63, 3.8) is 0 Å². The molecule has 0 aromatic heterocycles. The molecule has 1 aromatic rings. The van der Waals surface area contributed by atoms with Crippen LogP contribution in [-0.2, 0) is 4.79 Å². The highest BCUT2D eigenvalue weighted by atomic mass is 19.1. The molecule has 1 amide bonds. The number of hydrogen-bond donors (Lipinski definition) is 0. The fourth-order valence-corrected chi connectivity index (χ4v) is 0.969. The van der Waals surface area contributed by atoms with Crippen molar-refractivity contribution in [2.45, 2.75) is 6.92 Å². The molecule has 0 unspecified atom stereocenters. The van der Waals surface area contributed by atoms with Gasteiger partial charge in [0.25, 0.3) is 5.91 Å².